The van der Waals surface area contributed by atoms with Crippen molar-refractivity contribution in [1.82, 2.24) is 0 Å². The zero-order valence-electron chi connectivity index (χ0n) is 10.7. The van der Waals surface area contributed by atoms with Crippen LogP contribution in [0.5, 0.6) is 0 Å². The Kier molecular flexibility index (Phi) is 4.25. The quantitative estimate of drug-likeness (QED) is 0.686. The Balaban J connectivity index is 1.64. The molecule has 0 aliphatic heterocycles. The highest BCUT2D eigenvalue weighted by Gasteiger charge is 2.31. The summed E-state index contributed by atoms with van der Waals surface area (Å²) < 4.78 is 0.933. The van der Waals surface area contributed by atoms with Crippen molar-refractivity contribution < 1.29 is 0 Å². The van der Waals surface area contributed by atoms with Gasteiger partial charge in [0.05, 0.1) is 15.2 Å². The molecule has 1 fully saturated rings. The van der Waals surface area contributed by atoms with Crippen LogP contribution >= 0.6 is 39.1 Å². The Morgan fingerprint density at radius 2 is 1.65 bits per heavy atom. The van der Waals surface area contributed by atoms with E-state index in [9.17, 15) is 0 Å². The summed E-state index contributed by atoms with van der Waals surface area (Å²) in [6, 6.07) is 14.5. The summed E-state index contributed by atoms with van der Waals surface area (Å²) >= 11 is 15.9. The average Bonchev–Trinajstić information content (AvgIpc) is 2.39. The zero-order chi connectivity index (χ0) is 14.1. The van der Waals surface area contributed by atoms with E-state index in [1.807, 2.05) is 30.3 Å². The van der Waals surface area contributed by atoms with Crippen LogP contribution in [0.15, 0.2) is 46.9 Å². The lowest BCUT2D eigenvalue weighted by Gasteiger charge is -2.37. The van der Waals surface area contributed by atoms with Crippen molar-refractivity contribution >= 4 is 44.8 Å². The summed E-state index contributed by atoms with van der Waals surface area (Å²) in [6.45, 7) is 0. The van der Waals surface area contributed by atoms with E-state index in [1.54, 1.807) is 0 Å². The number of nitrogens with one attached hydrogen (secondary N) is 1. The van der Waals surface area contributed by atoms with Crippen LogP contribution in [0.4, 0.5) is 5.69 Å². The predicted molar refractivity (Wildman–Crippen MR) is 90.0 cm³/mol. The van der Waals surface area contributed by atoms with Crippen LogP contribution in [-0.2, 0) is 0 Å². The van der Waals surface area contributed by atoms with Crippen molar-refractivity contribution in [2.75, 3.05) is 5.32 Å². The molecule has 0 unspecified atom stereocenters. The van der Waals surface area contributed by atoms with Crippen LogP contribution in [0.25, 0.3) is 0 Å². The molecule has 0 radical (unpaired) electrons. The van der Waals surface area contributed by atoms with Gasteiger partial charge in [0.1, 0.15) is 0 Å². The first kappa shape index (κ1) is 14.2. The van der Waals surface area contributed by atoms with Crippen LogP contribution in [0.2, 0.25) is 10.0 Å². The third kappa shape index (κ3) is 2.83. The van der Waals surface area contributed by atoms with Gasteiger partial charge in [0, 0.05) is 11.1 Å². The maximum atomic E-state index is 6.24. The molecule has 2 aromatic rings. The molecule has 0 atom stereocenters. The molecule has 0 spiro atoms. The molecular weight excluding hydrogens is 357 g/mol. The second-order valence-corrected chi connectivity index (χ2v) is 6.74. The first-order valence-corrected chi connectivity index (χ1v) is 8.15. The lowest BCUT2D eigenvalue weighted by atomic mass is 9.76. The first-order chi connectivity index (χ1) is 9.65. The third-order valence-corrected chi connectivity index (χ3v) is 5.54. The Bertz CT molecular complexity index is 624. The van der Waals surface area contributed by atoms with Crippen molar-refractivity contribution in [2.45, 2.75) is 24.8 Å². The van der Waals surface area contributed by atoms with Crippen molar-refractivity contribution in [2.24, 2.45) is 0 Å². The van der Waals surface area contributed by atoms with Gasteiger partial charge in [-0.2, -0.15) is 0 Å². The van der Waals surface area contributed by atoms with Gasteiger partial charge in [-0.1, -0.05) is 47.5 Å². The SMILES string of the molecule is Clc1ccccc1C1CC(Nc2cccc(Cl)c2Br)C1. The predicted octanol–water partition coefficient (Wildman–Crippen LogP) is 6.11. The number of anilines is 1. The van der Waals surface area contributed by atoms with E-state index >= 15 is 0 Å². The van der Waals surface area contributed by atoms with Gasteiger partial charge in [-0.05, 0) is 58.5 Å². The maximum Gasteiger partial charge on any atom is 0.0593 e. The molecule has 0 saturated heterocycles. The molecule has 0 amide bonds. The van der Waals surface area contributed by atoms with Gasteiger partial charge >= 0.3 is 0 Å². The first-order valence-electron chi connectivity index (χ1n) is 6.60. The Morgan fingerprint density at radius 1 is 0.950 bits per heavy atom. The van der Waals surface area contributed by atoms with E-state index in [1.165, 1.54) is 5.56 Å². The fourth-order valence-electron chi connectivity index (χ4n) is 2.63. The smallest absolute Gasteiger partial charge is 0.0593 e. The van der Waals surface area contributed by atoms with Gasteiger partial charge in [-0.25, -0.2) is 0 Å². The van der Waals surface area contributed by atoms with E-state index in [0.29, 0.717) is 12.0 Å². The monoisotopic (exact) mass is 369 g/mol. The molecule has 1 N–H and O–H groups in total. The standard InChI is InChI=1S/C16H14BrCl2N/c17-16-14(19)6-3-7-15(16)20-11-8-10(9-11)12-4-1-2-5-13(12)18/h1-7,10-11,20H,8-9H2. The lowest BCUT2D eigenvalue weighted by molar-refractivity contribution is 0.374. The third-order valence-electron chi connectivity index (χ3n) is 3.79. The number of hydrogen-bond acceptors (Lipinski definition) is 1. The summed E-state index contributed by atoms with van der Waals surface area (Å²) in [5.74, 6) is 0.555. The highest BCUT2D eigenvalue weighted by atomic mass is 79.9. The molecule has 104 valence electrons. The van der Waals surface area contributed by atoms with E-state index < -0.39 is 0 Å². The summed E-state index contributed by atoms with van der Waals surface area (Å²) in [5.41, 5.74) is 2.32. The van der Waals surface area contributed by atoms with Crippen LogP contribution in [0, 0.1) is 0 Å². The van der Waals surface area contributed by atoms with Gasteiger partial charge in [0.15, 0.2) is 0 Å². The Morgan fingerprint density at radius 3 is 2.40 bits per heavy atom. The molecule has 1 nitrogen and oxygen atoms in total. The minimum Gasteiger partial charge on any atom is -0.381 e. The number of halogens is 3. The molecule has 2 aromatic carbocycles. The van der Waals surface area contributed by atoms with Crippen LogP contribution in [-0.4, -0.2) is 6.04 Å². The van der Waals surface area contributed by atoms with Crippen molar-refractivity contribution in [3.05, 3.63) is 62.5 Å². The highest BCUT2D eigenvalue weighted by molar-refractivity contribution is 9.10. The fourth-order valence-corrected chi connectivity index (χ4v) is 3.47. The number of rotatable bonds is 3. The average molecular weight is 371 g/mol. The second-order valence-electron chi connectivity index (χ2n) is 5.13. The molecule has 0 aromatic heterocycles. The van der Waals surface area contributed by atoms with Gasteiger partial charge in [0.2, 0.25) is 0 Å². The summed E-state index contributed by atoms with van der Waals surface area (Å²) in [4.78, 5) is 0. The normalized spacial score (nSPS) is 21.4. The zero-order valence-corrected chi connectivity index (χ0v) is 13.8. The topological polar surface area (TPSA) is 12.0 Å². The maximum absolute atomic E-state index is 6.24. The fraction of sp³-hybridized carbons (Fsp3) is 0.250. The lowest BCUT2D eigenvalue weighted by Crippen LogP contribution is -2.34. The van der Waals surface area contributed by atoms with Gasteiger partial charge in [-0.15, -0.1) is 0 Å². The van der Waals surface area contributed by atoms with Gasteiger partial charge in [0.25, 0.3) is 0 Å². The molecule has 20 heavy (non-hydrogen) atoms. The molecular formula is C16H14BrCl2N. The van der Waals surface area contributed by atoms with E-state index in [0.717, 1.165) is 33.0 Å². The van der Waals surface area contributed by atoms with Crippen LogP contribution in [0.3, 0.4) is 0 Å². The van der Waals surface area contributed by atoms with Gasteiger partial charge in [-0.3, -0.25) is 0 Å². The van der Waals surface area contributed by atoms with Crippen LogP contribution < -0.4 is 5.32 Å². The largest absolute Gasteiger partial charge is 0.381 e. The van der Waals surface area contributed by atoms with Crippen LogP contribution in [0.1, 0.15) is 24.3 Å². The Hall–Kier alpha value is -0.700. The Labute approximate surface area is 137 Å². The summed E-state index contributed by atoms with van der Waals surface area (Å²) in [7, 11) is 0. The van der Waals surface area contributed by atoms with Crippen molar-refractivity contribution in [3.8, 4) is 0 Å². The van der Waals surface area contributed by atoms with Crippen molar-refractivity contribution in [3.63, 3.8) is 0 Å². The van der Waals surface area contributed by atoms with Gasteiger partial charge < -0.3 is 5.32 Å². The molecule has 1 aliphatic rings. The molecule has 3 rings (SSSR count). The second kappa shape index (κ2) is 5.97. The number of benzene rings is 2. The minimum atomic E-state index is 0.478. The molecule has 0 bridgehead atoms. The van der Waals surface area contributed by atoms with Crippen molar-refractivity contribution in [1.29, 1.82) is 0 Å². The molecule has 1 saturated carbocycles. The van der Waals surface area contributed by atoms with E-state index in [-0.39, 0.29) is 0 Å². The minimum absolute atomic E-state index is 0.478. The molecule has 4 heteroatoms. The summed E-state index contributed by atoms with van der Waals surface area (Å²) in [5, 5.41) is 5.14. The number of hydrogen-bond donors (Lipinski definition) is 1. The van der Waals surface area contributed by atoms with E-state index in [4.69, 9.17) is 23.2 Å². The highest BCUT2D eigenvalue weighted by Crippen LogP contribution is 2.42. The summed E-state index contributed by atoms with van der Waals surface area (Å²) in [6.07, 6.45) is 2.20. The molecule has 0 heterocycles. The van der Waals surface area contributed by atoms with E-state index in [2.05, 4.69) is 33.4 Å². The molecule has 1 aliphatic carbocycles.